The molecular weight excluding hydrogens is 216 g/mol. The van der Waals surface area contributed by atoms with Crippen LogP contribution in [-0.4, -0.2) is 0 Å². The number of benzene rings is 1. The van der Waals surface area contributed by atoms with Crippen LogP contribution < -0.4 is 0 Å². The summed E-state index contributed by atoms with van der Waals surface area (Å²) < 4.78 is 0. The second-order valence-electron chi connectivity index (χ2n) is 5.67. The third-order valence-electron chi connectivity index (χ3n) is 4.31. The first kappa shape index (κ1) is 13.4. The summed E-state index contributed by atoms with van der Waals surface area (Å²) in [4.78, 5) is 0. The van der Waals surface area contributed by atoms with Crippen LogP contribution in [0.25, 0.3) is 6.08 Å². The van der Waals surface area contributed by atoms with Gasteiger partial charge >= 0.3 is 0 Å². The molecule has 0 radical (unpaired) electrons. The molecule has 0 aromatic heterocycles. The van der Waals surface area contributed by atoms with Crippen molar-refractivity contribution in [3.8, 4) is 0 Å². The van der Waals surface area contributed by atoms with Gasteiger partial charge in [0.2, 0.25) is 0 Å². The van der Waals surface area contributed by atoms with E-state index in [1.165, 1.54) is 44.1 Å². The Morgan fingerprint density at radius 1 is 1.06 bits per heavy atom. The molecule has 0 bridgehead atoms. The van der Waals surface area contributed by atoms with Crippen molar-refractivity contribution < 1.29 is 0 Å². The monoisotopic (exact) mass is 242 g/mol. The van der Waals surface area contributed by atoms with Gasteiger partial charge in [-0.15, -0.1) is 0 Å². The molecule has 0 nitrogen and oxygen atoms in total. The van der Waals surface area contributed by atoms with Gasteiger partial charge < -0.3 is 0 Å². The van der Waals surface area contributed by atoms with Gasteiger partial charge in [0.05, 0.1) is 0 Å². The standard InChI is InChI=1S/C18H26/c1-3-5-15-7-11-17(12-8-15)18-13-9-16(6-4-2)10-14-18/h3,5,7-8,11-12,16,18H,4,6,9-10,13-14H2,1-2H3. The molecule has 1 saturated carbocycles. The van der Waals surface area contributed by atoms with E-state index in [0.717, 1.165) is 11.8 Å². The van der Waals surface area contributed by atoms with Crippen LogP contribution in [0.2, 0.25) is 0 Å². The van der Waals surface area contributed by atoms with Crippen molar-refractivity contribution in [1.82, 2.24) is 0 Å². The van der Waals surface area contributed by atoms with Crippen molar-refractivity contribution in [2.45, 2.75) is 58.3 Å². The Kier molecular flexibility index (Phi) is 5.04. The maximum atomic E-state index is 2.33. The summed E-state index contributed by atoms with van der Waals surface area (Å²) in [5.74, 6) is 1.83. The molecular formula is C18H26. The third-order valence-corrected chi connectivity index (χ3v) is 4.31. The Morgan fingerprint density at radius 2 is 1.72 bits per heavy atom. The molecule has 98 valence electrons. The molecule has 0 amide bonds. The van der Waals surface area contributed by atoms with Crippen molar-refractivity contribution >= 4 is 6.08 Å². The van der Waals surface area contributed by atoms with Crippen molar-refractivity contribution in [3.05, 3.63) is 41.5 Å². The van der Waals surface area contributed by atoms with Crippen LogP contribution in [0.1, 0.15) is 69.4 Å². The minimum atomic E-state index is 0.817. The van der Waals surface area contributed by atoms with E-state index in [1.807, 2.05) is 0 Å². The van der Waals surface area contributed by atoms with Crippen LogP contribution in [0.15, 0.2) is 30.3 Å². The first-order valence-corrected chi connectivity index (χ1v) is 7.56. The topological polar surface area (TPSA) is 0 Å². The fourth-order valence-electron chi connectivity index (χ4n) is 3.26. The Labute approximate surface area is 112 Å². The average Bonchev–Trinajstić information content (AvgIpc) is 2.41. The molecule has 1 aromatic carbocycles. The molecule has 1 fully saturated rings. The molecule has 0 unspecified atom stereocenters. The summed E-state index contributed by atoms with van der Waals surface area (Å²) in [6.45, 7) is 4.38. The van der Waals surface area contributed by atoms with E-state index in [9.17, 15) is 0 Å². The summed E-state index contributed by atoms with van der Waals surface area (Å²) >= 11 is 0. The van der Waals surface area contributed by atoms with Crippen molar-refractivity contribution in [2.24, 2.45) is 5.92 Å². The summed E-state index contributed by atoms with van der Waals surface area (Å²) in [7, 11) is 0. The molecule has 0 spiro atoms. The molecule has 1 aromatic rings. The Bertz CT molecular complexity index is 364. The van der Waals surface area contributed by atoms with E-state index in [4.69, 9.17) is 0 Å². The molecule has 0 atom stereocenters. The van der Waals surface area contributed by atoms with E-state index >= 15 is 0 Å². The van der Waals surface area contributed by atoms with Crippen LogP contribution in [-0.2, 0) is 0 Å². The predicted octanol–water partition coefficient (Wildman–Crippen LogP) is 5.79. The molecule has 0 aliphatic heterocycles. The van der Waals surface area contributed by atoms with E-state index in [2.05, 4.69) is 50.3 Å². The van der Waals surface area contributed by atoms with Gasteiger partial charge in [-0.25, -0.2) is 0 Å². The molecule has 0 heteroatoms. The van der Waals surface area contributed by atoms with Gasteiger partial charge in [0.1, 0.15) is 0 Å². The normalized spacial score (nSPS) is 24.6. The number of rotatable bonds is 4. The molecule has 0 N–H and O–H groups in total. The van der Waals surface area contributed by atoms with E-state index in [1.54, 1.807) is 5.56 Å². The van der Waals surface area contributed by atoms with Crippen molar-refractivity contribution in [3.63, 3.8) is 0 Å². The van der Waals surface area contributed by atoms with Gasteiger partial charge in [-0.3, -0.25) is 0 Å². The van der Waals surface area contributed by atoms with Crippen LogP contribution in [0.3, 0.4) is 0 Å². The lowest BCUT2D eigenvalue weighted by Gasteiger charge is -2.28. The number of allylic oxidation sites excluding steroid dienone is 1. The fourth-order valence-corrected chi connectivity index (χ4v) is 3.26. The van der Waals surface area contributed by atoms with Gasteiger partial charge in [0, 0.05) is 0 Å². The molecule has 2 rings (SSSR count). The quantitative estimate of drug-likeness (QED) is 0.626. The lowest BCUT2D eigenvalue weighted by molar-refractivity contribution is 0.308. The highest BCUT2D eigenvalue weighted by Crippen LogP contribution is 2.37. The third kappa shape index (κ3) is 3.48. The fraction of sp³-hybridized carbons (Fsp3) is 0.556. The Hall–Kier alpha value is -1.04. The maximum absolute atomic E-state index is 2.33. The zero-order valence-corrected chi connectivity index (χ0v) is 11.9. The summed E-state index contributed by atoms with van der Waals surface area (Å²) in [5.41, 5.74) is 2.87. The van der Waals surface area contributed by atoms with Crippen LogP contribution in [0.5, 0.6) is 0 Å². The maximum Gasteiger partial charge on any atom is -0.0162 e. The van der Waals surface area contributed by atoms with E-state index < -0.39 is 0 Å². The molecule has 0 saturated heterocycles. The van der Waals surface area contributed by atoms with Crippen LogP contribution in [0, 0.1) is 5.92 Å². The van der Waals surface area contributed by atoms with Gasteiger partial charge in [-0.2, -0.15) is 0 Å². The van der Waals surface area contributed by atoms with Crippen molar-refractivity contribution in [2.75, 3.05) is 0 Å². The first-order valence-electron chi connectivity index (χ1n) is 7.56. The second-order valence-corrected chi connectivity index (χ2v) is 5.67. The molecule has 1 aliphatic rings. The highest BCUT2D eigenvalue weighted by atomic mass is 14.3. The molecule has 0 heterocycles. The zero-order valence-electron chi connectivity index (χ0n) is 11.9. The Morgan fingerprint density at radius 3 is 2.28 bits per heavy atom. The van der Waals surface area contributed by atoms with Gasteiger partial charge in [-0.05, 0) is 55.6 Å². The van der Waals surface area contributed by atoms with Crippen LogP contribution in [0.4, 0.5) is 0 Å². The van der Waals surface area contributed by atoms with Crippen molar-refractivity contribution in [1.29, 1.82) is 0 Å². The van der Waals surface area contributed by atoms with E-state index in [0.29, 0.717) is 0 Å². The number of hydrogen-bond donors (Lipinski definition) is 0. The molecule has 1 aliphatic carbocycles. The minimum Gasteiger partial charge on any atom is -0.0871 e. The second kappa shape index (κ2) is 6.78. The van der Waals surface area contributed by atoms with Gasteiger partial charge in [0.25, 0.3) is 0 Å². The van der Waals surface area contributed by atoms with E-state index in [-0.39, 0.29) is 0 Å². The summed E-state index contributed by atoms with van der Waals surface area (Å²) in [6, 6.07) is 9.18. The SMILES string of the molecule is CC=Cc1ccc(C2CCC(CCC)CC2)cc1. The Balaban J connectivity index is 1.93. The highest BCUT2D eigenvalue weighted by molar-refractivity contribution is 5.49. The minimum absolute atomic E-state index is 0.817. The predicted molar refractivity (Wildman–Crippen MR) is 80.8 cm³/mol. The average molecular weight is 242 g/mol. The highest BCUT2D eigenvalue weighted by Gasteiger charge is 2.21. The van der Waals surface area contributed by atoms with Gasteiger partial charge in [0.15, 0.2) is 0 Å². The van der Waals surface area contributed by atoms with Gasteiger partial charge in [-0.1, -0.05) is 56.2 Å². The lowest BCUT2D eigenvalue weighted by atomic mass is 9.77. The molecule has 18 heavy (non-hydrogen) atoms. The largest absolute Gasteiger partial charge is 0.0871 e. The first-order chi connectivity index (χ1) is 8.83. The smallest absolute Gasteiger partial charge is 0.0162 e. The summed E-state index contributed by atoms with van der Waals surface area (Å²) in [6.07, 6.45) is 12.7. The summed E-state index contributed by atoms with van der Waals surface area (Å²) in [5, 5.41) is 0. The lowest BCUT2D eigenvalue weighted by Crippen LogP contribution is -2.13. The number of hydrogen-bond acceptors (Lipinski definition) is 0. The van der Waals surface area contributed by atoms with Crippen LogP contribution >= 0.6 is 0 Å². The zero-order chi connectivity index (χ0) is 12.8.